The summed E-state index contributed by atoms with van der Waals surface area (Å²) in [5.74, 6) is 1.53. The highest BCUT2D eigenvalue weighted by Crippen LogP contribution is 2.36. The standard InChI is InChI=1S/C21H21N3O3S/c25-20(22-11-14-7-8-17-18(10-14)27-13-26-17)12-24-9-3-5-16(24)21-23-15-4-1-2-6-19(15)28-21/h1-2,4,6-8,10,16H,3,5,9,11-13H2,(H,22,25). The van der Waals surface area contributed by atoms with Crippen molar-refractivity contribution in [2.75, 3.05) is 19.9 Å². The van der Waals surface area contributed by atoms with E-state index in [-0.39, 0.29) is 18.7 Å². The highest BCUT2D eigenvalue weighted by Gasteiger charge is 2.30. The van der Waals surface area contributed by atoms with E-state index in [0.717, 1.165) is 47.0 Å². The average molecular weight is 395 g/mol. The van der Waals surface area contributed by atoms with Crippen LogP contribution in [0.25, 0.3) is 10.2 Å². The van der Waals surface area contributed by atoms with E-state index in [2.05, 4.69) is 16.3 Å². The third-order valence-electron chi connectivity index (χ3n) is 5.23. The summed E-state index contributed by atoms with van der Waals surface area (Å²) in [4.78, 5) is 19.6. The minimum atomic E-state index is 0.0330. The van der Waals surface area contributed by atoms with Gasteiger partial charge in [-0.2, -0.15) is 0 Å². The van der Waals surface area contributed by atoms with E-state index in [4.69, 9.17) is 14.5 Å². The van der Waals surface area contributed by atoms with E-state index in [0.29, 0.717) is 13.1 Å². The van der Waals surface area contributed by atoms with Crippen molar-refractivity contribution in [3.8, 4) is 11.5 Å². The first-order valence-corrected chi connectivity index (χ1v) is 10.3. The predicted octanol–water partition coefficient (Wildman–Crippen LogP) is 3.48. The molecule has 5 rings (SSSR count). The van der Waals surface area contributed by atoms with Crippen LogP contribution in [0.2, 0.25) is 0 Å². The molecule has 28 heavy (non-hydrogen) atoms. The maximum atomic E-state index is 12.5. The van der Waals surface area contributed by atoms with Gasteiger partial charge in [0.2, 0.25) is 12.7 Å². The van der Waals surface area contributed by atoms with Crippen LogP contribution in [-0.4, -0.2) is 35.7 Å². The lowest BCUT2D eigenvalue weighted by Gasteiger charge is -2.22. The van der Waals surface area contributed by atoms with Gasteiger partial charge in [0.05, 0.1) is 22.8 Å². The van der Waals surface area contributed by atoms with E-state index in [1.54, 1.807) is 11.3 Å². The molecule has 6 nitrogen and oxygen atoms in total. The van der Waals surface area contributed by atoms with Crippen molar-refractivity contribution in [2.45, 2.75) is 25.4 Å². The SMILES string of the molecule is O=C(CN1CCCC1c1nc2ccccc2s1)NCc1ccc2c(c1)OCO2. The molecule has 0 radical (unpaired) electrons. The highest BCUT2D eigenvalue weighted by molar-refractivity contribution is 7.18. The quantitative estimate of drug-likeness (QED) is 0.717. The second kappa shape index (κ2) is 7.41. The first-order chi connectivity index (χ1) is 13.8. The molecule has 7 heteroatoms. The smallest absolute Gasteiger partial charge is 0.234 e. The molecule has 0 saturated carbocycles. The first-order valence-electron chi connectivity index (χ1n) is 9.51. The van der Waals surface area contributed by atoms with Gasteiger partial charge in [0.1, 0.15) is 5.01 Å². The number of aromatic nitrogens is 1. The van der Waals surface area contributed by atoms with Crippen LogP contribution in [0.3, 0.4) is 0 Å². The number of ether oxygens (including phenoxy) is 2. The Morgan fingerprint density at radius 2 is 2.11 bits per heavy atom. The monoisotopic (exact) mass is 395 g/mol. The van der Waals surface area contributed by atoms with Crippen LogP contribution < -0.4 is 14.8 Å². The van der Waals surface area contributed by atoms with Crippen molar-refractivity contribution >= 4 is 27.5 Å². The largest absolute Gasteiger partial charge is 0.454 e. The fraction of sp³-hybridized carbons (Fsp3) is 0.333. The molecule has 2 aliphatic rings. The minimum absolute atomic E-state index is 0.0330. The molecule has 1 aromatic heterocycles. The van der Waals surface area contributed by atoms with Crippen LogP contribution in [0.15, 0.2) is 42.5 Å². The van der Waals surface area contributed by atoms with Crippen LogP contribution in [0.5, 0.6) is 11.5 Å². The number of benzene rings is 2. The highest BCUT2D eigenvalue weighted by atomic mass is 32.1. The summed E-state index contributed by atoms with van der Waals surface area (Å²) in [5, 5.41) is 4.13. The molecular formula is C21H21N3O3S. The summed E-state index contributed by atoms with van der Waals surface area (Å²) >= 11 is 1.74. The Bertz CT molecular complexity index is 986. The van der Waals surface area contributed by atoms with E-state index in [1.165, 1.54) is 4.70 Å². The molecule has 1 amide bonds. The summed E-state index contributed by atoms with van der Waals surface area (Å²) in [6.45, 7) is 2.06. The molecule has 1 saturated heterocycles. The fourth-order valence-electron chi connectivity index (χ4n) is 3.82. The number of para-hydroxylation sites is 1. The number of likely N-dealkylation sites (tertiary alicyclic amines) is 1. The number of hydrogen-bond acceptors (Lipinski definition) is 6. The Kier molecular flexibility index (Phi) is 4.62. The molecule has 2 aromatic carbocycles. The molecular weight excluding hydrogens is 374 g/mol. The van der Waals surface area contributed by atoms with Crippen molar-refractivity contribution in [1.29, 1.82) is 0 Å². The van der Waals surface area contributed by atoms with Crippen molar-refractivity contribution < 1.29 is 14.3 Å². The molecule has 1 atom stereocenters. The fourth-order valence-corrected chi connectivity index (χ4v) is 4.96. The molecule has 1 N–H and O–H groups in total. The van der Waals surface area contributed by atoms with Crippen molar-refractivity contribution in [3.63, 3.8) is 0 Å². The lowest BCUT2D eigenvalue weighted by Crippen LogP contribution is -2.36. The van der Waals surface area contributed by atoms with Gasteiger partial charge in [-0.05, 0) is 49.2 Å². The third-order valence-corrected chi connectivity index (χ3v) is 6.37. The molecule has 3 aromatic rings. The Hall–Kier alpha value is -2.64. The summed E-state index contributed by atoms with van der Waals surface area (Å²) in [6, 6.07) is 14.2. The predicted molar refractivity (Wildman–Crippen MR) is 108 cm³/mol. The molecule has 3 heterocycles. The Balaban J connectivity index is 1.21. The number of amides is 1. The van der Waals surface area contributed by atoms with Crippen molar-refractivity contribution in [1.82, 2.24) is 15.2 Å². The topological polar surface area (TPSA) is 63.7 Å². The number of hydrogen-bond donors (Lipinski definition) is 1. The number of carbonyl (C=O) groups is 1. The zero-order valence-electron chi connectivity index (χ0n) is 15.4. The van der Waals surface area contributed by atoms with Crippen molar-refractivity contribution in [2.24, 2.45) is 0 Å². The van der Waals surface area contributed by atoms with Crippen LogP contribution in [0.1, 0.15) is 29.5 Å². The Morgan fingerprint density at radius 3 is 3.04 bits per heavy atom. The molecule has 144 valence electrons. The zero-order valence-corrected chi connectivity index (χ0v) is 16.2. The van der Waals surface area contributed by atoms with Crippen LogP contribution in [0.4, 0.5) is 0 Å². The maximum Gasteiger partial charge on any atom is 0.234 e. The number of nitrogens with one attached hydrogen (secondary N) is 1. The first kappa shape index (κ1) is 17.5. The van der Waals surface area contributed by atoms with E-state index in [9.17, 15) is 4.79 Å². The molecule has 2 aliphatic heterocycles. The molecule has 0 spiro atoms. The summed E-state index contributed by atoms with van der Waals surface area (Å²) in [6.07, 6.45) is 2.14. The van der Waals surface area contributed by atoms with Gasteiger partial charge in [-0.15, -0.1) is 11.3 Å². The van der Waals surface area contributed by atoms with E-state index in [1.807, 2.05) is 36.4 Å². The molecule has 0 bridgehead atoms. The molecule has 1 fully saturated rings. The summed E-state index contributed by atoms with van der Waals surface area (Å²) in [7, 11) is 0. The number of carbonyl (C=O) groups excluding carboxylic acids is 1. The normalized spacial score (nSPS) is 18.6. The minimum Gasteiger partial charge on any atom is -0.454 e. The van der Waals surface area contributed by atoms with E-state index < -0.39 is 0 Å². The van der Waals surface area contributed by atoms with Crippen LogP contribution >= 0.6 is 11.3 Å². The summed E-state index contributed by atoms with van der Waals surface area (Å²) in [5.41, 5.74) is 2.04. The zero-order chi connectivity index (χ0) is 18.9. The second-order valence-electron chi connectivity index (χ2n) is 7.11. The number of thiazole rings is 1. The number of nitrogens with zero attached hydrogens (tertiary/aromatic N) is 2. The van der Waals surface area contributed by atoms with Gasteiger partial charge in [-0.1, -0.05) is 18.2 Å². The second-order valence-corrected chi connectivity index (χ2v) is 8.17. The average Bonchev–Trinajstić information content (AvgIpc) is 3.44. The maximum absolute atomic E-state index is 12.5. The molecule has 1 unspecified atom stereocenters. The lowest BCUT2D eigenvalue weighted by molar-refractivity contribution is -0.122. The number of rotatable bonds is 5. The van der Waals surface area contributed by atoms with Crippen LogP contribution in [0, 0.1) is 0 Å². The van der Waals surface area contributed by atoms with Gasteiger partial charge < -0.3 is 14.8 Å². The number of fused-ring (bicyclic) bond motifs is 2. The van der Waals surface area contributed by atoms with Gasteiger partial charge in [-0.25, -0.2) is 4.98 Å². The Morgan fingerprint density at radius 1 is 1.21 bits per heavy atom. The van der Waals surface area contributed by atoms with E-state index >= 15 is 0 Å². The third kappa shape index (κ3) is 3.43. The van der Waals surface area contributed by atoms with Gasteiger partial charge in [0, 0.05) is 6.54 Å². The van der Waals surface area contributed by atoms with Gasteiger partial charge in [0.25, 0.3) is 0 Å². The lowest BCUT2D eigenvalue weighted by atomic mass is 10.2. The van der Waals surface area contributed by atoms with Crippen molar-refractivity contribution in [3.05, 3.63) is 53.0 Å². The summed E-state index contributed by atoms with van der Waals surface area (Å²) < 4.78 is 11.9. The van der Waals surface area contributed by atoms with Gasteiger partial charge >= 0.3 is 0 Å². The Labute approximate surface area is 167 Å². The van der Waals surface area contributed by atoms with Gasteiger partial charge in [-0.3, -0.25) is 9.69 Å². The van der Waals surface area contributed by atoms with Gasteiger partial charge in [0.15, 0.2) is 11.5 Å². The molecule has 0 aliphatic carbocycles. The van der Waals surface area contributed by atoms with Crippen LogP contribution in [-0.2, 0) is 11.3 Å².